The Morgan fingerprint density at radius 2 is 1.69 bits per heavy atom. The molecule has 3 heterocycles. The number of allylic oxidation sites excluding steroid dienone is 1. The van der Waals surface area contributed by atoms with E-state index < -0.39 is 0 Å². The SMILES string of the molecule is C=CC.C=CCOc1ccc(-c2ncc3ncc(Nc4ccc(C#N)cn4)cc3n2)cc1.CNC. The van der Waals surface area contributed by atoms with Crippen molar-refractivity contribution >= 4 is 22.5 Å². The van der Waals surface area contributed by atoms with Crippen molar-refractivity contribution in [2.45, 2.75) is 6.92 Å². The third-order valence-electron chi connectivity index (χ3n) is 4.08. The molecule has 0 amide bonds. The first-order valence-corrected chi connectivity index (χ1v) is 10.8. The smallest absolute Gasteiger partial charge is 0.159 e. The Morgan fingerprint density at radius 1 is 0.971 bits per heavy atom. The zero-order valence-corrected chi connectivity index (χ0v) is 20.2. The number of rotatable bonds is 6. The Balaban J connectivity index is 0.000000655. The Kier molecular flexibility index (Phi) is 11.1. The second kappa shape index (κ2) is 14.5. The van der Waals surface area contributed by atoms with Crippen LogP contribution in [-0.4, -0.2) is 40.6 Å². The number of nitrogens with zero attached hydrogens (tertiary/aromatic N) is 5. The van der Waals surface area contributed by atoms with Crippen molar-refractivity contribution in [2.75, 3.05) is 26.0 Å². The van der Waals surface area contributed by atoms with Gasteiger partial charge in [0.2, 0.25) is 0 Å². The molecule has 178 valence electrons. The fraction of sp³-hybridized carbons (Fsp3) is 0.148. The van der Waals surface area contributed by atoms with Crippen molar-refractivity contribution in [3.63, 3.8) is 0 Å². The van der Waals surface area contributed by atoms with Crippen molar-refractivity contribution in [2.24, 2.45) is 0 Å². The number of fused-ring (bicyclic) bond motifs is 1. The first-order chi connectivity index (χ1) is 17.1. The van der Waals surface area contributed by atoms with Crippen LogP contribution in [0.5, 0.6) is 5.75 Å². The monoisotopic (exact) mass is 467 g/mol. The summed E-state index contributed by atoms with van der Waals surface area (Å²) in [6, 6.07) is 14.9. The molecule has 0 aliphatic heterocycles. The van der Waals surface area contributed by atoms with Crippen molar-refractivity contribution in [1.82, 2.24) is 25.3 Å². The van der Waals surface area contributed by atoms with Crippen molar-refractivity contribution in [3.8, 4) is 23.2 Å². The lowest BCUT2D eigenvalue weighted by Crippen LogP contribution is -1.97. The fourth-order valence-electron chi connectivity index (χ4n) is 2.66. The normalized spacial score (nSPS) is 9.43. The van der Waals surface area contributed by atoms with Crippen LogP contribution in [0.1, 0.15) is 12.5 Å². The molecule has 0 unspecified atom stereocenters. The molecule has 0 bridgehead atoms. The number of benzene rings is 1. The maximum Gasteiger partial charge on any atom is 0.159 e. The average Bonchev–Trinajstić information content (AvgIpc) is 2.89. The van der Waals surface area contributed by atoms with Gasteiger partial charge < -0.3 is 15.4 Å². The molecule has 0 saturated carbocycles. The third-order valence-corrected chi connectivity index (χ3v) is 4.08. The Hall–Kier alpha value is -4.61. The van der Waals surface area contributed by atoms with E-state index in [2.05, 4.69) is 43.7 Å². The molecule has 4 rings (SSSR count). The molecular formula is C27H29N7O. The van der Waals surface area contributed by atoms with Crippen LogP contribution in [-0.2, 0) is 0 Å². The molecular weight excluding hydrogens is 438 g/mol. The Labute approximate surface area is 206 Å². The van der Waals surface area contributed by atoms with Crippen LogP contribution in [0, 0.1) is 11.3 Å². The minimum Gasteiger partial charge on any atom is -0.490 e. The minimum atomic E-state index is 0.460. The van der Waals surface area contributed by atoms with Gasteiger partial charge in [0.05, 0.1) is 29.2 Å². The van der Waals surface area contributed by atoms with E-state index in [1.807, 2.05) is 57.4 Å². The third kappa shape index (κ3) is 8.35. The van der Waals surface area contributed by atoms with E-state index in [4.69, 9.17) is 10.00 Å². The molecule has 0 fully saturated rings. The molecule has 2 N–H and O–H groups in total. The number of ether oxygens (including phenoxy) is 1. The number of aromatic nitrogens is 4. The van der Waals surface area contributed by atoms with Crippen LogP contribution in [0.3, 0.4) is 0 Å². The van der Waals surface area contributed by atoms with E-state index in [9.17, 15) is 0 Å². The van der Waals surface area contributed by atoms with E-state index in [1.54, 1.807) is 36.7 Å². The van der Waals surface area contributed by atoms with Crippen LogP contribution in [0.4, 0.5) is 11.5 Å². The van der Waals surface area contributed by atoms with Crippen LogP contribution in [0.25, 0.3) is 22.4 Å². The van der Waals surface area contributed by atoms with Gasteiger partial charge in [0.25, 0.3) is 0 Å². The first-order valence-electron chi connectivity index (χ1n) is 10.8. The van der Waals surface area contributed by atoms with Crippen molar-refractivity contribution in [1.29, 1.82) is 5.26 Å². The molecule has 0 radical (unpaired) electrons. The second-order valence-corrected chi connectivity index (χ2v) is 7.02. The lowest BCUT2D eigenvalue weighted by atomic mass is 10.2. The number of hydrogen-bond donors (Lipinski definition) is 2. The van der Waals surface area contributed by atoms with Crippen LogP contribution >= 0.6 is 0 Å². The number of hydrogen-bond acceptors (Lipinski definition) is 8. The first kappa shape index (κ1) is 26.6. The minimum absolute atomic E-state index is 0.460. The summed E-state index contributed by atoms with van der Waals surface area (Å²) in [6.07, 6.45) is 8.35. The summed E-state index contributed by atoms with van der Waals surface area (Å²) in [5.74, 6) is 1.98. The molecule has 0 spiro atoms. The zero-order valence-electron chi connectivity index (χ0n) is 20.2. The molecule has 4 aromatic rings. The molecule has 1 aromatic carbocycles. The summed E-state index contributed by atoms with van der Waals surface area (Å²) < 4.78 is 5.50. The quantitative estimate of drug-likeness (QED) is 0.368. The molecule has 35 heavy (non-hydrogen) atoms. The van der Waals surface area contributed by atoms with Crippen LogP contribution < -0.4 is 15.4 Å². The molecule has 0 saturated heterocycles. The number of nitriles is 1. The highest BCUT2D eigenvalue weighted by Crippen LogP contribution is 2.23. The largest absolute Gasteiger partial charge is 0.490 e. The van der Waals surface area contributed by atoms with E-state index in [1.165, 1.54) is 6.20 Å². The van der Waals surface area contributed by atoms with E-state index in [-0.39, 0.29) is 0 Å². The summed E-state index contributed by atoms with van der Waals surface area (Å²) in [6.45, 7) is 9.35. The lowest BCUT2D eigenvalue weighted by molar-refractivity contribution is 0.363. The maximum absolute atomic E-state index is 8.86. The predicted octanol–water partition coefficient (Wildman–Crippen LogP) is 5.29. The van der Waals surface area contributed by atoms with Gasteiger partial charge in [-0.05, 0) is 63.5 Å². The van der Waals surface area contributed by atoms with Gasteiger partial charge in [-0.25, -0.2) is 15.0 Å². The average molecular weight is 468 g/mol. The van der Waals surface area contributed by atoms with Crippen LogP contribution in [0.15, 0.2) is 86.4 Å². The molecule has 3 aromatic heterocycles. The maximum atomic E-state index is 8.86. The number of pyridine rings is 2. The van der Waals surface area contributed by atoms with Crippen molar-refractivity contribution in [3.05, 3.63) is 91.9 Å². The molecule has 0 aliphatic rings. The topological polar surface area (TPSA) is 109 Å². The van der Waals surface area contributed by atoms with Gasteiger partial charge in [-0.3, -0.25) is 4.98 Å². The Morgan fingerprint density at radius 3 is 2.29 bits per heavy atom. The predicted molar refractivity (Wildman–Crippen MR) is 142 cm³/mol. The number of anilines is 2. The molecule has 0 atom stereocenters. The van der Waals surface area contributed by atoms with Gasteiger partial charge in [0, 0.05) is 11.8 Å². The highest BCUT2D eigenvalue weighted by Gasteiger charge is 2.06. The molecule has 8 nitrogen and oxygen atoms in total. The molecule has 0 aliphatic carbocycles. The van der Waals surface area contributed by atoms with Crippen molar-refractivity contribution < 1.29 is 4.74 Å². The van der Waals surface area contributed by atoms with E-state index in [0.29, 0.717) is 34.8 Å². The van der Waals surface area contributed by atoms with Crippen LogP contribution in [0.2, 0.25) is 0 Å². The second-order valence-electron chi connectivity index (χ2n) is 7.02. The van der Waals surface area contributed by atoms with Gasteiger partial charge in [-0.1, -0.05) is 18.7 Å². The summed E-state index contributed by atoms with van der Waals surface area (Å²) in [5.41, 5.74) is 3.53. The zero-order chi connectivity index (χ0) is 25.5. The highest BCUT2D eigenvalue weighted by atomic mass is 16.5. The van der Waals surface area contributed by atoms with Gasteiger partial charge >= 0.3 is 0 Å². The standard InChI is InChI=1S/C22H16N6O.C3H6.C2H7N/c1-2-9-29-18-6-4-16(5-7-18)22-26-14-20-19(28-22)10-17(13-24-20)27-21-8-3-15(11-23)12-25-21;2*1-3-2/h2-8,10,12-14H,1,9H2,(H,25,27);3H,1H2,2H3;3H,1-2H3. The summed E-state index contributed by atoms with van der Waals surface area (Å²) in [4.78, 5) is 17.6. The van der Waals surface area contributed by atoms with E-state index in [0.717, 1.165) is 17.0 Å². The summed E-state index contributed by atoms with van der Waals surface area (Å²) in [7, 11) is 3.75. The lowest BCUT2D eigenvalue weighted by Gasteiger charge is -2.07. The summed E-state index contributed by atoms with van der Waals surface area (Å²) >= 11 is 0. The highest BCUT2D eigenvalue weighted by molar-refractivity contribution is 5.79. The number of nitrogens with one attached hydrogen (secondary N) is 2. The molecule has 8 heteroatoms. The van der Waals surface area contributed by atoms with Gasteiger partial charge in [0.1, 0.15) is 29.8 Å². The Bertz CT molecular complexity index is 1260. The van der Waals surface area contributed by atoms with E-state index >= 15 is 0 Å². The van der Waals surface area contributed by atoms with Gasteiger partial charge in [0.15, 0.2) is 5.82 Å². The van der Waals surface area contributed by atoms with Gasteiger partial charge in [-0.2, -0.15) is 5.26 Å². The van der Waals surface area contributed by atoms with Gasteiger partial charge in [-0.15, -0.1) is 6.58 Å². The summed E-state index contributed by atoms with van der Waals surface area (Å²) in [5, 5.41) is 14.8. The fourth-order valence-corrected chi connectivity index (χ4v) is 2.66.